The summed E-state index contributed by atoms with van der Waals surface area (Å²) < 4.78 is 19.6. The van der Waals surface area contributed by atoms with Crippen LogP contribution < -0.4 is 16.0 Å². The Morgan fingerprint density at radius 1 is 1.10 bits per heavy atom. The van der Waals surface area contributed by atoms with Crippen LogP contribution in [0.25, 0.3) is 11.3 Å². The maximum Gasteiger partial charge on any atom is 0.223 e. The van der Waals surface area contributed by atoms with E-state index in [9.17, 15) is 4.39 Å². The quantitative estimate of drug-likeness (QED) is 0.514. The smallest absolute Gasteiger partial charge is 0.223 e. The van der Waals surface area contributed by atoms with E-state index in [1.807, 2.05) is 0 Å². The Hall–Kier alpha value is -2.32. The zero-order chi connectivity index (χ0) is 20.8. The molecule has 8 heteroatoms. The maximum atomic E-state index is 14.5. The highest BCUT2D eigenvalue weighted by molar-refractivity contribution is 5.64. The van der Waals surface area contributed by atoms with E-state index in [-0.39, 0.29) is 5.82 Å². The Bertz CT molecular complexity index is 823. The summed E-state index contributed by atoms with van der Waals surface area (Å²) in [6.45, 7) is 2.50. The Morgan fingerprint density at radius 2 is 1.90 bits per heavy atom. The van der Waals surface area contributed by atoms with Crippen molar-refractivity contribution in [2.24, 2.45) is 5.92 Å². The lowest BCUT2D eigenvalue weighted by molar-refractivity contribution is 0.191. The normalized spacial score (nSPS) is 21.4. The highest BCUT2D eigenvalue weighted by Crippen LogP contribution is 2.29. The summed E-state index contributed by atoms with van der Waals surface area (Å²) in [5.74, 6) is 1.58. The van der Waals surface area contributed by atoms with Crippen LogP contribution in [0.4, 0.5) is 16.2 Å². The molecule has 0 unspecified atom stereocenters. The molecule has 30 heavy (non-hydrogen) atoms. The van der Waals surface area contributed by atoms with Crippen molar-refractivity contribution in [3.8, 4) is 11.3 Å². The van der Waals surface area contributed by atoms with Gasteiger partial charge in [-0.25, -0.2) is 19.3 Å². The van der Waals surface area contributed by atoms with Gasteiger partial charge in [-0.1, -0.05) is 0 Å². The van der Waals surface area contributed by atoms with E-state index in [1.54, 1.807) is 25.4 Å². The molecule has 0 bridgehead atoms. The molecule has 2 saturated carbocycles. The van der Waals surface area contributed by atoms with Crippen molar-refractivity contribution >= 4 is 11.8 Å². The third-order valence-electron chi connectivity index (χ3n) is 5.85. The minimum absolute atomic E-state index is 0.345. The molecule has 2 aliphatic rings. The lowest BCUT2D eigenvalue weighted by Gasteiger charge is -2.30. The molecule has 7 nitrogen and oxygen atoms in total. The molecule has 2 heterocycles. The lowest BCUT2D eigenvalue weighted by Crippen LogP contribution is -2.38. The summed E-state index contributed by atoms with van der Waals surface area (Å²) >= 11 is 0. The highest BCUT2D eigenvalue weighted by Gasteiger charge is 2.22. The molecule has 3 N–H and O–H groups in total. The van der Waals surface area contributed by atoms with E-state index in [4.69, 9.17) is 4.74 Å². The van der Waals surface area contributed by atoms with Gasteiger partial charge in [-0.3, -0.25) is 0 Å². The Kier molecular flexibility index (Phi) is 7.07. The number of hydrogen-bond donors (Lipinski definition) is 3. The van der Waals surface area contributed by atoms with Gasteiger partial charge in [-0.15, -0.1) is 0 Å². The molecule has 0 aromatic carbocycles. The summed E-state index contributed by atoms with van der Waals surface area (Å²) in [6, 6.07) is 4.38. The first kappa shape index (κ1) is 20.9. The van der Waals surface area contributed by atoms with Crippen LogP contribution in [0.3, 0.4) is 0 Å². The molecular formula is C22H31FN6O. The van der Waals surface area contributed by atoms with Gasteiger partial charge in [0, 0.05) is 44.0 Å². The first-order valence-electron chi connectivity index (χ1n) is 10.9. The van der Waals surface area contributed by atoms with Crippen molar-refractivity contribution in [2.45, 2.75) is 50.6 Å². The van der Waals surface area contributed by atoms with E-state index in [0.717, 1.165) is 51.3 Å². The molecule has 0 spiro atoms. The van der Waals surface area contributed by atoms with Crippen LogP contribution in [0.5, 0.6) is 0 Å². The molecule has 0 atom stereocenters. The number of halogens is 1. The second-order valence-corrected chi connectivity index (χ2v) is 8.28. The standard InChI is InChI=1S/C22H31FN6O/c1-30-11-10-24-16-4-6-17(7-5-16)28-21-12-18(19(23)14-26-21)20-8-9-25-22(29-20)27-13-15-2-3-15/h8-9,12,14-17,24H,2-7,10-11,13H2,1H3,(H,26,28)(H,25,27,29). The highest BCUT2D eigenvalue weighted by atomic mass is 19.1. The third-order valence-corrected chi connectivity index (χ3v) is 5.85. The summed E-state index contributed by atoms with van der Waals surface area (Å²) in [5.41, 5.74) is 1.01. The van der Waals surface area contributed by atoms with E-state index in [0.29, 0.717) is 35.1 Å². The Labute approximate surface area is 177 Å². The van der Waals surface area contributed by atoms with Crippen LogP contribution in [0.15, 0.2) is 24.5 Å². The minimum atomic E-state index is -0.376. The average Bonchev–Trinajstić information content (AvgIpc) is 3.60. The van der Waals surface area contributed by atoms with E-state index in [1.165, 1.54) is 19.0 Å². The van der Waals surface area contributed by atoms with Gasteiger partial charge in [-0.2, -0.15) is 0 Å². The fraction of sp³-hybridized carbons (Fsp3) is 0.591. The van der Waals surface area contributed by atoms with Crippen molar-refractivity contribution in [1.29, 1.82) is 0 Å². The SMILES string of the molecule is COCCNC1CCC(Nc2cc(-c3ccnc(NCC4CC4)n3)c(F)cn2)CC1. The molecule has 0 aliphatic heterocycles. The van der Waals surface area contributed by atoms with Crippen LogP contribution in [-0.4, -0.2) is 53.8 Å². The largest absolute Gasteiger partial charge is 0.383 e. The number of nitrogens with one attached hydrogen (secondary N) is 3. The Balaban J connectivity index is 1.36. The molecule has 2 aromatic rings. The molecular weight excluding hydrogens is 383 g/mol. The van der Waals surface area contributed by atoms with E-state index >= 15 is 0 Å². The lowest BCUT2D eigenvalue weighted by atomic mass is 9.91. The molecule has 0 radical (unpaired) electrons. The van der Waals surface area contributed by atoms with Crippen LogP contribution in [0.1, 0.15) is 38.5 Å². The topological polar surface area (TPSA) is 84.0 Å². The second kappa shape index (κ2) is 10.1. The van der Waals surface area contributed by atoms with Crippen LogP contribution in [0.2, 0.25) is 0 Å². The number of nitrogens with zero attached hydrogens (tertiary/aromatic N) is 3. The van der Waals surface area contributed by atoms with Crippen molar-refractivity contribution < 1.29 is 9.13 Å². The molecule has 2 fully saturated rings. The molecule has 162 valence electrons. The average molecular weight is 415 g/mol. The first-order chi connectivity index (χ1) is 14.7. The number of ether oxygens (including phenoxy) is 1. The monoisotopic (exact) mass is 414 g/mol. The predicted octanol–water partition coefficient (Wildman–Crippen LogP) is 3.46. The fourth-order valence-corrected chi connectivity index (χ4v) is 3.88. The summed E-state index contributed by atoms with van der Waals surface area (Å²) in [4.78, 5) is 13.0. The van der Waals surface area contributed by atoms with E-state index in [2.05, 4.69) is 30.9 Å². The van der Waals surface area contributed by atoms with Crippen LogP contribution in [0, 0.1) is 11.7 Å². The summed E-state index contributed by atoms with van der Waals surface area (Å²) in [5, 5.41) is 10.3. The minimum Gasteiger partial charge on any atom is -0.383 e. The van der Waals surface area contributed by atoms with E-state index < -0.39 is 0 Å². The van der Waals surface area contributed by atoms with Crippen molar-refractivity contribution in [2.75, 3.05) is 37.4 Å². The van der Waals surface area contributed by atoms with Gasteiger partial charge in [0.25, 0.3) is 0 Å². The number of methoxy groups -OCH3 is 1. The third kappa shape index (κ3) is 5.86. The number of anilines is 2. The van der Waals surface area contributed by atoms with Gasteiger partial charge >= 0.3 is 0 Å². The predicted molar refractivity (Wildman–Crippen MR) is 116 cm³/mol. The van der Waals surface area contributed by atoms with Gasteiger partial charge in [-0.05, 0) is 56.6 Å². The van der Waals surface area contributed by atoms with Crippen LogP contribution in [-0.2, 0) is 4.74 Å². The first-order valence-corrected chi connectivity index (χ1v) is 10.9. The summed E-state index contributed by atoms with van der Waals surface area (Å²) in [6.07, 6.45) is 9.79. The number of pyridine rings is 1. The fourth-order valence-electron chi connectivity index (χ4n) is 3.88. The van der Waals surface area contributed by atoms with Crippen LogP contribution >= 0.6 is 0 Å². The molecule has 0 saturated heterocycles. The molecule has 0 amide bonds. The number of aromatic nitrogens is 3. The second-order valence-electron chi connectivity index (χ2n) is 8.28. The Morgan fingerprint density at radius 3 is 2.67 bits per heavy atom. The molecule has 4 rings (SSSR count). The van der Waals surface area contributed by atoms with Gasteiger partial charge in [0.05, 0.1) is 18.5 Å². The number of hydrogen-bond acceptors (Lipinski definition) is 7. The summed E-state index contributed by atoms with van der Waals surface area (Å²) in [7, 11) is 1.72. The molecule has 2 aromatic heterocycles. The maximum absolute atomic E-state index is 14.5. The van der Waals surface area contributed by atoms with Gasteiger partial charge in [0.1, 0.15) is 5.82 Å². The van der Waals surface area contributed by atoms with Crippen molar-refractivity contribution in [3.05, 3.63) is 30.3 Å². The zero-order valence-electron chi connectivity index (χ0n) is 17.5. The van der Waals surface area contributed by atoms with Crippen molar-refractivity contribution in [3.63, 3.8) is 0 Å². The zero-order valence-corrected chi connectivity index (χ0v) is 17.5. The van der Waals surface area contributed by atoms with Crippen molar-refractivity contribution in [1.82, 2.24) is 20.3 Å². The van der Waals surface area contributed by atoms with Gasteiger partial charge < -0.3 is 20.7 Å². The molecule has 2 aliphatic carbocycles. The van der Waals surface area contributed by atoms with Gasteiger partial charge in [0.2, 0.25) is 5.95 Å². The van der Waals surface area contributed by atoms with Gasteiger partial charge in [0.15, 0.2) is 5.82 Å². The number of rotatable bonds is 10.